The van der Waals surface area contributed by atoms with E-state index < -0.39 is 52.8 Å². The maximum Gasteiger partial charge on any atom is 0.346 e. The minimum absolute atomic E-state index is 0.0623. The van der Waals surface area contributed by atoms with Gasteiger partial charge in [-0.25, -0.2) is 107 Å². The van der Waals surface area contributed by atoms with Crippen LogP contribution in [0.1, 0.15) is 139 Å². The molecule has 11 aromatic heterocycles. The third-order valence-corrected chi connectivity index (χ3v) is 26.7. The second-order valence-corrected chi connectivity index (χ2v) is 36.6. The van der Waals surface area contributed by atoms with Gasteiger partial charge in [-0.05, 0) is 156 Å². The predicted molar refractivity (Wildman–Crippen MR) is 541 cm³/mol. The Kier molecular flexibility index (Phi) is 37.8. The quantitative estimate of drug-likeness (QED) is 0.0136. The summed E-state index contributed by atoms with van der Waals surface area (Å²) in [5.74, 6) is -5.48. The Morgan fingerprint density at radius 2 is 0.646 bits per heavy atom. The predicted octanol–water partition coefficient (Wildman–Crippen LogP) is 10.0. The van der Waals surface area contributed by atoms with Gasteiger partial charge in [0.25, 0.3) is 45.5 Å². The van der Waals surface area contributed by atoms with Gasteiger partial charge in [0, 0.05) is 139 Å². The number of nitrogens with one attached hydrogen (secondary N) is 1. The molecule has 2 aromatic carbocycles. The number of carbonyl (C=O) groups excluding carboxylic acids is 6. The first-order valence-electron chi connectivity index (χ1n) is 45.1. The molecule has 144 heavy (non-hydrogen) atoms. The molecule has 0 radical (unpaired) electrons. The van der Waals surface area contributed by atoms with Gasteiger partial charge < -0.3 is 35.5 Å². The molecule has 0 spiro atoms. The third kappa shape index (κ3) is 24.4. The van der Waals surface area contributed by atoms with Crippen LogP contribution in [0.4, 0.5) is 0 Å². The number of carboxylic acid groups (broad SMARTS) is 2. The fourth-order valence-electron chi connectivity index (χ4n) is 16.4. The van der Waals surface area contributed by atoms with Crippen molar-refractivity contribution in [3.63, 3.8) is 0 Å². The van der Waals surface area contributed by atoms with E-state index >= 15 is 0 Å². The molecule has 5 N–H and O–H groups in total. The Hall–Kier alpha value is -13.6. The number of halogens is 2. The molecule has 6 aliphatic rings. The van der Waals surface area contributed by atoms with E-state index in [0.717, 1.165) is 48.3 Å². The van der Waals surface area contributed by atoms with Crippen LogP contribution in [0.25, 0.3) is 56.9 Å². The largest absolute Gasteiger partial charge is 0.477 e. The Morgan fingerprint density at radius 1 is 0.361 bits per heavy atom. The molecule has 3 amide bonds. The highest BCUT2D eigenvalue weighted by Crippen LogP contribution is 2.33. The first-order valence-corrected chi connectivity index (χ1v) is 53.2. The number of thioether (sulfide) groups is 6. The lowest BCUT2D eigenvalue weighted by Crippen LogP contribution is -2.45. The minimum Gasteiger partial charge on any atom is -0.477 e. The summed E-state index contributed by atoms with van der Waals surface area (Å²) in [5, 5.41) is 28.8. The van der Waals surface area contributed by atoms with Crippen molar-refractivity contribution in [1.29, 1.82) is 0 Å². The summed E-state index contributed by atoms with van der Waals surface area (Å²) in [5.41, 5.74) is 10.3. The lowest BCUT2D eigenvalue weighted by molar-refractivity contribution is -0.152. The van der Waals surface area contributed by atoms with E-state index in [-0.39, 0.29) is 88.9 Å². The van der Waals surface area contributed by atoms with Gasteiger partial charge in [-0.2, -0.15) is 0 Å². The highest BCUT2D eigenvalue weighted by molar-refractivity contribution is 7.99. The molecule has 1 saturated heterocycles. The number of aromatic nitrogens is 22. The van der Waals surface area contributed by atoms with Crippen LogP contribution < -0.4 is 38.8 Å². The summed E-state index contributed by atoms with van der Waals surface area (Å²) in [4.78, 5) is 209. The van der Waals surface area contributed by atoms with E-state index in [2.05, 4.69) is 65.1 Å². The van der Waals surface area contributed by atoms with Crippen molar-refractivity contribution in [2.75, 3.05) is 70.4 Å². The summed E-state index contributed by atoms with van der Waals surface area (Å²) in [7, 11) is 0. The average Bonchev–Trinajstić information content (AvgIpc) is 1.61. The number of amides is 3. The molecule has 756 valence electrons. The average molecular weight is 2120 g/mol. The minimum atomic E-state index is -1.22. The number of ether oxygens (including phenoxy) is 3. The molecule has 13 aromatic rings. The number of nitrogens with two attached hydrogens (primary N) is 1. The molecule has 1 fully saturated rings. The number of hydrogen-bond acceptors (Lipinski definition) is 35. The van der Waals surface area contributed by atoms with Crippen LogP contribution in [0, 0.1) is 0 Å². The van der Waals surface area contributed by atoms with Gasteiger partial charge >= 0.3 is 29.8 Å². The summed E-state index contributed by atoms with van der Waals surface area (Å²) in [6, 6.07) is 24.8. The maximum atomic E-state index is 13.0. The molecule has 44 nitrogen and oxygen atoms in total. The number of hydrazine groups is 1. The van der Waals surface area contributed by atoms with Crippen LogP contribution in [0.2, 0.25) is 10.0 Å². The zero-order chi connectivity index (χ0) is 103. The van der Waals surface area contributed by atoms with Gasteiger partial charge in [0.2, 0.25) is 0 Å². The Labute approximate surface area is 857 Å². The van der Waals surface area contributed by atoms with Crippen molar-refractivity contribution < 1.29 is 62.8 Å². The Bertz CT molecular complexity index is 7040. The van der Waals surface area contributed by atoms with Crippen LogP contribution >= 0.6 is 93.8 Å². The van der Waals surface area contributed by atoms with Crippen molar-refractivity contribution in [2.24, 2.45) is 5.73 Å². The summed E-state index contributed by atoms with van der Waals surface area (Å²) in [6.07, 6.45) is 25.2. The van der Waals surface area contributed by atoms with E-state index in [1.54, 1.807) is 112 Å². The molecule has 52 heteroatoms. The molecule has 19 rings (SSSR count). The van der Waals surface area contributed by atoms with Gasteiger partial charge in [-0.15, -0.1) is 0 Å². The first kappa shape index (κ1) is 108. The highest BCUT2D eigenvalue weighted by Gasteiger charge is 2.38. The third-order valence-electron chi connectivity index (χ3n) is 22.5. The Morgan fingerprint density at radius 3 is 0.965 bits per heavy atom. The van der Waals surface area contributed by atoms with E-state index in [1.165, 1.54) is 102 Å². The van der Waals surface area contributed by atoms with Crippen molar-refractivity contribution in [2.45, 2.75) is 175 Å². The van der Waals surface area contributed by atoms with Crippen molar-refractivity contribution >= 4 is 141 Å². The molecule has 6 aliphatic heterocycles. The lowest BCUT2D eigenvalue weighted by atomic mass is 10.1. The number of carbonyl (C=O) groups is 8. The number of fused-ring (bicyclic) bond motifs is 5. The number of nitrogens with zero attached hydrogens (tertiary/aromatic N) is 24. The number of benzene rings is 2. The molecule has 0 bridgehead atoms. The highest BCUT2D eigenvalue weighted by atomic mass is 35.5. The van der Waals surface area contributed by atoms with Gasteiger partial charge in [-0.1, -0.05) is 130 Å². The van der Waals surface area contributed by atoms with Crippen LogP contribution in [-0.2, 0) is 102 Å². The maximum absolute atomic E-state index is 13.0. The lowest BCUT2D eigenvalue weighted by Gasteiger charge is -2.27. The molecule has 17 heterocycles. The van der Waals surface area contributed by atoms with Gasteiger partial charge in [0.05, 0.1) is 48.3 Å². The molecule has 0 unspecified atom stereocenters. The van der Waals surface area contributed by atoms with E-state index in [0.29, 0.717) is 184 Å². The SMILES string of the molecule is CCOC(=O)CC(=O)N1CCCN1C(=O)c1ccnc(SC)n1.CCOC(=O)c1c(-c2ccnc(SC)n2)n2n(c1=O)CCC2.CCOC(=O)c1c(-c2ccnc(SC)n2)n2n(c1=O)CCC2.CSc1nccc(-c2c(C(=O)NCc3ccccc3Cl)c(=O)n3n2CCC3)n1.CSc1nccc(-c2c(C(=O)O)c(=O)n3n2CCC3)n1.CSc1nccc(-c2c(C(=O)O)c(=O)n3n2CCC3)n1.NCc1ccccc1Cl. The summed E-state index contributed by atoms with van der Waals surface area (Å²) in [6.45, 7) is 13.5. The number of hydrogen-bond donors (Lipinski definition) is 4. The van der Waals surface area contributed by atoms with Crippen molar-refractivity contribution in [3.8, 4) is 56.9 Å². The molecule has 0 aliphatic carbocycles. The molecule has 0 saturated carbocycles. The molecular formula is C92H100Cl2N26O18S6. The summed E-state index contributed by atoms with van der Waals surface area (Å²) >= 11 is 20.2. The molecular weight excluding hydrogens is 2020 g/mol. The fraction of sp³-hybridized carbons (Fsp3) is 0.359. The Balaban J connectivity index is 0.000000143. The van der Waals surface area contributed by atoms with E-state index in [1.807, 2.05) is 94.0 Å². The van der Waals surface area contributed by atoms with Gasteiger partial charge in [-0.3, -0.25) is 71.6 Å². The van der Waals surface area contributed by atoms with Crippen LogP contribution in [-0.4, -0.2) is 245 Å². The number of aromatic carboxylic acids is 2. The second-order valence-electron chi connectivity index (χ2n) is 31.1. The molecule has 0 atom stereocenters. The summed E-state index contributed by atoms with van der Waals surface area (Å²) < 4.78 is 31.5. The zero-order valence-corrected chi connectivity index (χ0v) is 85.9. The van der Waals surface area contributed by atoms with E-state index in [4.69, 9.17) is 43.1 Å². The monoisotopic (exact) mass is 2120 g/mol. The van der Waals surface area contributed by atoms with Crippen LogP contribution in [0.3, 0.4) is 0 Å². The van der Waals surface area contributed by atoms with Crippen LogP contribution in [0.15, 0.2) is 177 Å². The number of carboxylic acids is 2. The number of esters is 3. The first-order chi connectivity index (χ1) is 69.6. The van der Waals surface area contributed by atoms with Crippen molar-refractivity contribution in [3.05, 3.63) is 229 Å². The van der Waals surface area contributed by atoms with E-state index in [9.17, 15) is 72.5 Å². The van der Waals surface area contributed by atoms with Crippen LogP contribution in [0.5, 0.6) is 0 Å². The van der Waals surface area contributed by atoms with Gasteiger partial charge in [0.1, 0.15) is 46.1 Å². The smallest absolute Gasteiger partial charge is 0.346 e. The normalized spacial score (nSPS) is 13.1. The van der Waals surface area contributed by atoms with Gasteiger partial charge in [0.15, 0.2) is 53.2 Å². The standard InChI is InChI=1S/C19H18ClN5O2S.C14H18N4O4S.2C14H16N4O3S.2C12H12N4O3S.C7H8ClN/c1-28-19-21-8-7-14(23-19)16-15(18(27)25-10-4-9-24(16)25)17(26)22-11-12-5-2-3-6-13(12)20;1-3-22-12(20)9-11(19)17-7-4-8-18(17)13(21)10-5-6-15-14(16-10)23-2;2*1-3-21-13(20)10-11(9-5-6-15-14(16-9)22-2)17-7-4-8-18(17)12(10)19;2*1-20-12-13-4-3-7(14-12)9-8(11(18)19)10(17)16-6-2-5-15(9)16;8-7-4-2-1-3-6(7)5-9/h2-3,5-8H,4,9-11H2,1H3,(H,22,26);5-6H,3-4,7-9H2,1-2H3;2*5-6H,3-4,7-8H2,1-2H3;2*3-4H,2,5-6H2,1H3,(H,18,19);1-4H,5,9H2. The fourth-order valence-corrected chi connectivity index (χ4v) is 18.9. The zero-order valence-electron chi connectivity index (χ0n) is 79.5. The van der Waals surface area contributed by atoms with Crippen molar-refractivity contribution in [1.82, 2.24) is 122 Å². The number of rotatable bonds is 25. The topological polar surface area (TPSA) is 539 Å². The second kappa shape index (κ2) is 50.5.